The number of hydrogen-bond donors (Lipinski definition) is 2. The van der Waals surface area contributed by atoms with Gasteiger partial charge in [-0.1, -0.05) is 15.9 Å². The van der Waals surface area contributed by atoms with E-state index in [0.29, 0.717) is 19.8 Å². The number of rotatable bonds is 7. The van der Waals surface area contributed by atoms with Crippen LogP contribution in [-0.4, -0.2) is 18.3 Å². The summed E-state index contributed by atoms with van der Waals surface area (Å²) in [7, 11) is 0. The number of aromatic hydroxyl groups is 1. The molecule has 0 saturated carbocycles. The lowest BCUT2D eigenvalue weighted by atomic mass is 10.2. The van der Waals surface area contributed by atoms with Crippen LogP contribution in [0.3, 0.4) is 0 Å². The maximum absolute atomic E-state index is 9.30. The van der Waals surface area contributed by atoms with Crippen molar-refractivity contribution in [1.82, 2.24) is 0 Å². The maximum Gasteiger partial charge on any atom is 0.162 e. The van der Waals surface area contributed by atoms with Gasteiger partial charge in [-0.05, 0) is 55.8 Å². The average molecular weight is 366 g/mol. The van der Waals surface area contributed by atoms with E-state index < -0.39 is 0 Å². The monoisotopic (exact) mass is 365 g/mol. The lowest BCUT2D eigenvalue weighted by Crippen LogP contribution is -2.03. The van der Waals surface area contributed by atoms with Gasteiger partial charge < -0.3 is 19.9 Å². The van der Waals surface area contributed by atoms with Gasteiger partial charge in [0.25, 0.3) is 0 Å². The molecule has 2 N–H and O–H groups in total. The Hall–Kier alpha value is -1.88. The van der Waals surface area contributed by atoms with Crippen molar-refractivity contribution in [3.05, 3.63) is 46.4 Å². The fourth-order valence-electron chi connectivity index (χ4n) is 2.03. The minimum absolute atomic E-state index is 0.256. The summed E-state index contributed by atoms with van der Waals surface area (Å²) in [5.41, 5.74) is 2.01. The fraction of sp³-hybridized carbons (Fsp3) is 0.294. The summed E-state index contributed by atoms with van der Waals surface area (Å²) >= 11 is 3.57. The van der Waals surface area contributed by atoms with Crippen molar-refractivity contribution in [2.45, 2.75) is 20.4 Å². The van der Waals surface area contributed by atoms with E-state index in [9.17, 15) is 5.11 Å². The van der Waals surface area contributed by atoms with Crippen LogP contribution in [0.5, 0.6) is 17.2 Å². The van der Waals surface area contributed by atoms with Crippen molar-refractivity contribution in [3.63, 3.8) is 0 Å². The smallest absolute Gasteiger partial charge is 0.162 e. The van der Waals surface area contributed by atoms with E-state index in [-0.39, 0.29) is 5.75 Å². The van der Waals surface area contributed by atoms with Crippen molar-refractivity contribution < 1.29 is 14.6 Å². The van der Waals surface area contributed by atoms with Crippen molar-refractivity contribution in [2.75, 3.05) is 18.5 Å². The van der Waals surface area contributed by atoms with Gasteiger partial charge >= 0.3 is 0 Å². The highest BCUT2D eigenvalue weighted by Crippen LogP contribution is 2.34. The molecule has 0 fully saturated rings. The third kappa shape index (κ3) is 4.31. The number of halogens is 1. The lowest BCUT2D eigenvalue weighted by Gasteiger charge is -2.15. The molecule has 0 unspecified atom stereocenters. The van der Waals surface area contributed by atoms with Crippen LogP contribution < -0.4 is 14.8 Å². The number of benzene rings is 2. The van der Waals surface area contributed by atoms with Crippen LogP contribution in [0.25, 0.3) is 0 Å². The predicted octanol–water partition coefficient (Wildman–Crippen LogP) is 4.56. The highest BCUT2D eigenvalue weighted by molar-refractivity contribution is 9.10. The second kappa shape index (κ2) is 7.94. The number of phenolic OH excluding ortho intramolecular Hbond substituents is 1. The van der Waals surface area contributed by atoms with Crippen LogP contribution >= 0.6 is 15.9 Å². The molecule has 0 bridgehead atoms. The Kier molecular flexibility index (Phi) is 5.95. The van der Waals surface area contributed by atoms with Crippen molar-refractivity contribution >= 4 is 21.6 Å². The van der Waals surface area contributed by atoms with Crippen molar-refractivity contribution in [3.8, 4) is 17.2 Å². The van der Waals surface area contributed by atoms with Crippen LogP contribution in [0.2, 0.25) is 0 Å². The van der Waals surface area contributed by atoms with Crippen LogP contribution in [0, 0.1) is 0 Å². The quantitative estimate of drug-likeness (QED) is 0.705. The largest absolute Gasteiger partial charge is 0.508 e. The summed E-state index contributed by atoms with van der Waals surface area (Å²) in [6.07, 6.45) is 0. The number of anilines is 1. The van der Waals surface area contributed by atoms with E-state index in [2.05, 4.69) is 21.2 Å². The minimum atomic E-state index is 0.256. The van der Waals surface area contributed by atoms with Gasteiger partial charge in [-0.3, -0.25) is 0 Å². The highest BCUT2D eigenvalue weighted by Gasteiger charge is 2.10. The summed E-state index contributed by atoms with van der Waals surface area (Å²) in [5, 5.41) is 12.6. The van der Waals surface area contributed by atoms with Gasteiger partial charge in [0.1, 0.15) is 5.75 Å². The molecule has 0 spiro atoms. The molecule has 0 radical (unpaired) electrons. The van der Waals surface area contributed by atoms with Gasteiger partial charge in [-0.15, -0.1) is 0 Å². The van der Waals surface area contributed by atoms with Gasteiger partial charge in [0, 0.05) is 16.7 Å². The first kappa shape index (κ1) is 16.5. The van der Waals surface area contributed by atoms with Gasteiger partial charge in [0.2, 0.25) is 0 Å². The Morgan fingerprint density at radius 3 is 2.18 bits per heavy atom. The van der Waals surface area contributed by atoms with E-state index >= 15 is 0 Å². The maximum atomic E-state index is 9.30. The molecular weight excluding hydrogens is 346 g/mol. The molecule has 0 aliphatic rings. The molecule has 2 aromatic rings. The normalized spacial score (nSPS) is 10.3. The van der Waals surface area contributed by atoms with Gasteiger partial charge in [-0.2, -0.15) is 0 Å². The molecule has 0 amide bonds. The zero-order valence-corrected chi connectivity index (χ0v) is 14.3. The summed E-state index contributed by atoms with van der Waals surface area (Å²) in [6.45, 7) is 5.72. The Labute approximate surface area is 139 Å². The molecule has 4 nitrogen and oxygen atoms in total. The Balaban J connectivity index is 2.15. The number of phenols is 1. The summed E-state index contributed by atoms with van der Waals surface area (Å²) in [5.74, 6) is 1.74. The standard InChI is InChI=1S/C17H20BrNO3/c1-3-21-16-9-12(15(18)10-17(16)22-4-2)11-19-13-5-7-14(20)8-6-13/h5-10,19-20H,3-4,11H2,1-2H3. The number of ether oxygens (including phenoxy) is 2. The van der Waals surface area contributed by atoms with E-state index in [4.69, 9.17) is 9.47 Å². The Morgan fingerprint density at radius 1 is 1.00 bits per heavy atom. The topological polar surface area (TPSA) is 50.7 Å². The Bertz CT molecular complexity index is 614. The van der Waals surface area contributed by atoms with Crippen LogP contribution in [-0.2, 0) is 6.54 Å². The summed E-state index contributed by atoms with van der Waals surface area (Å²) < 4.78 is 12.2. The first-order valence-electron chi connectivity index (χ1n) is 7.25. The molecule has 0 atom stereocenters. The van der Waals surface area contributed by atoms with E-state index in [1.807, 2.05) is 38.1 Å². The molecule has 0 saturated heterocycles. The molecule has 0 heterocycles. The molecule has 22 heavy (non-hydrogen) atoms. The molecule has 5 heteroatoms. The van der Waals surface area contributed by atoms with E-state index in [1.165, 1.54) is 0 Å². The Morgan fingerprint density at radius 2 is 1.59 bits per heavy atom. The third-order valence-electron chi connectivity index (χ3n) is 3.06. The molecule has 0 aromatic heterocycles. The molecular formula is C17H20BrNO3. The predicted molar refractivity (Wildman–Crippen MR) is 91.9 cm³/mol. The summed E-state index contributed by atoms with van der Waals surface area (Å²) in [6, 6.07) is 10.9. The van der Waals surface area contributed by atoms with E-state index in [1.54, 1.807) is 12.1 Å². The first-order chi connectivity index (χ1) is 10.6. The highest BCUT2D eigenvalue weighted by atomic mass is 79.9. The van der Waals surface area contributed by atoms with Gasteiger partial charge in [-0.25, -0.2) is 0 Å². The number of nitrogens with one attached hydrogen (secondary N) is 1. The van der Waals surface area contributed by atoms with Crippen LogP contribution in [0.4, 0.5) is 5.69 Å². The second-order valence-electron chi connectivity index (χ2n) is 4.66. The van der Waals surface area contributed by atoms with E-state index in [0.717, 1.165) is 27.2 Å². The lowest BCUT2D eigenvalue weighted by molar-refractivity contribution is 0.287. The molecule has 118 valence electrons. The molecule has 2 aromatic carbocycles. The van der Waals surface area contributed by atoms with Gasteiger partial charge in [0.05, 0.1) is 13.2 Å². The zero-order valence-electron chi connectivity index (χ0n) is 12.7. The SMILES string of the molecule is CCOc1cc(Br)c(CNc2ccc(O)cc2)cc1OCC. The fourth-order valence-corrected chi connectivity index (χ4v) is 2.49. The van der Waals surface area contributed by atoms with Crippen LogP contribution in [0.15, 0.2) is 40.9 Å². The number of hydrogen-bond acceptors (Lipinski definition) is 4. The molecule has 2 rings (SSSR count). The third-order valence-corrected chi connectivity index (χ3v) is 3.80. The zero-order chi connectivity index (χ0) is 15.9. The minimum Gasteiger partial charge on any atom is -0.508 e. The average Bonchev–Trinajstić information content (AvgIpc) is 2.50. The summed E-state index contributed by atoms with van der Waals surface area (Å²) in [4.78, 5) is 0. The second-order valence-corrected chi connectivity index (χ2v) is 5.51. The van der Waals surface area contributed by atoms with Crippen molar-refractivity contribution in [2.24, 2.45) is 0 Å². The van der Waals surface area contributed by atoms with Crippen molar-refractivity contribution in [1.29, 1.82) is 0 Å². The van der Waals surface area contributed by atoms with Crippen LogP contribution in [0.1, 0.15) is 19.4 Å². The van der Waals surface area contributed by atoms with Gasteiger partial charge in [0.15, 0.2) is 11.5 Å². The molecule has 0 aliphatic carbocycles. The molecule has 0 aliphatic heterocycles. The first-order valence-corrected chi connectivity index (χ1v) is 8.04.